The van der Waals surface area contributed by atoms with Crippen molar-refractivity contribution < 1.29 is 9.84 Å². The monoisotopic (exact) mass is 404 g/mol. The molecule has 0 aromatic carbocycles. The third kappa shape index (κ3) is 2.94. The van der Waals surface area contributed by atoms with E-state index in [1.807, 2.05) is 0 Å². The Morgan fingerprint density at radius 3 is 2.59 bits per heavy atom. The molecule has 10 atom stereocenters. The molecular formula is C27H46O2. The number of ether oxygens (including phenoxy) is 1. The van der Waals surface area contributed by atoms with Crippen LogP contribution < -0.4 is 0 Å². The number of fused-ring (bicyclic) bond motifs is 4. The lowest BCUT2D eigenvalue weighted by Gasteiger charge is -2.59. The maximum absolute atomic E-state index is 10.4. The molecule has 5 fully saturated rings. The van der Waals surface area contributed by atoms with E-state index in [-0.39, 0.29) is 11.7 Å². The first-order chi connectivity index (χ1) is 13.7. The van der Waals surface area contributed by atoms with Crippen molar-refractivity contribution in [2.45, 2.75) is 123 Å². The van der Waals surface area contributed by atoms with Crippen molar-refractivity contribution in [3.8, 4) is 0 Å². The minimum absolute atomic E-state index is 0.0434. The SMILES string of the molecule is CC(C)CCC[C@@H](C)[C@H]1CC[C@H]2[C@@H]3C[C@@H]4OC45C[14C@@H](O)CC[C@]5(C)[C@H]3CC[C@]12C. The highest BCUT2D eigenvalue weighted by atomic mass is 16.6. The lowest BCUT2D eigenvalue weighted by atomic mass is 9.45. The first kappa shape index (κ1) is 20.8. The van der Waals surface area contributed by atoms with Crippen LogP contribution >= 0.6 is 0 Å². The van der Waals surface area contributed by atoms with Crippen LogP contribution in [0.15, 0.2) is 0 Å². The molecule has 5 aliphatic rings. The average molecular weight is 405 g/mol. The van der Waals surface area contributed by atoms with Crippen LogP contribution in [0.4, 0.5) is 0 Å². The van der Waals surface area contributed by atoms with Gasteiger partial charge in [-0.1, -0.05) is 53.9 Å². The Bertz CT molecular complexity index is 630. The maximum Gasteiger partial charge on any atom is 0.103 e. The summed E-state index contributed by atoms with van der Waals surface area (Å²) in [6.45, 7) is 12.6. The molecule has 1 N–H and O–H groups in total. The van der Waals surface area contributed by atoms with Crippen LogP contribution in [0.2, 0.25) is 0 Å². The van der Waals surface area contributed by atoms with Crippen LogP contribution in [-0.4, -0.2) is 22.9 Å². The summed E-state index contributed by atoms with van der Waals surface area (Å²) in [6.07, 6.45) is 14.8. The number of aliphatic hydroxyl groups is 1. The van der Waals surface area contributed by atoms with E-state index >= 15 is 0 Å². The zero-order valence-corrected chi connectivity index (χ0v) is 19.8. The van der Waals surface area contributed by atoms with E-state index in [1.54, 1.807) is 0 Å². The third-order valence-corrected chi connectivity index (χ3v) is 11.3. The Labute approximate surface area is 179 Å². The van der Waals surface area contributed by atoms with E-state index in [9.17, 15) is 5.11 Å². The van der Waals surface area contributed by atoms with Crippen LogP contribution in [0.3, 0.4) is 0 Å². The van der Waals surface area contributed by atoms with Crippen molar-refractivity contribution in [1.82, 2.24) is 0 Å². The summed E-state index contributed by atoms with van der Waals surface area (Å²) in [5.41, 5.74) is 0.932. The lowest BCUT2D eigenvalue weighted by molar-refractivity contribution is -0.116. The minimum atomic E-state index is -0.124. The highest BCUT2D eigenvalue weighted by molar-refractivity contribution is 5.24. The lowest BCUT2D eigenvalue weighted by Crippen LogP contribution is -2.58. The molecule has 0 amide bonds. The van der Waals surface area contributed by atoms with E-state index in [2.05, 4.69) is 34.6 Å². The smallest absolute Gasteiger partial charge is 0.103 e. The van der Waals surface area contributed by atoms with Gasteiger partial charge in [-0.3, -0.25) is 0 Å². The summed E-state index contributed by atoms with van der Waals surface area (Å²) in [5.74, 6) is 5.31. The fourth-order valence-corrected chi connectivity index (χ4v) is 9.68. The molecule has 0 aromatic heterocycles. The minimum Gasteiger partial charge on any atom is -0.393 e. The summed E-state index contributed by atoms with van der Waals surface area (Å²) < 4.78 is 6.51. The van der Waals surface area contributed by atoms with Gasteiger partial charge in [0.25, 0.3) is 0 Å². The molecule has 1 heterocycles. The molecule has 1 aliphatic heterocycles. The molecule has 5 rings (SSSR count). The molecule has 0 aromatic rings. The zero-order chi connectivity index (χ0) is 20.6. The van der Waals surface area contributed by atoms with E-state index in [0.717, 1.165) is 48.3 Å². The van der Waals surface area contributed by atoms with Gasteiger partial charge in [0.1, 0.15) is 5.60 Å². The predicted octanol–water partition coefficient (Wildman–Crippen LogP) is 6.60. The summed E-state index contributed by atoms with van der Waals surface area (Å²) in [7, 11) is 0. The number of hydrogen-bond donors (Lipinski definition) is 1. The number of hydrogen-bond acceptors (Lipinski definition) is 2. The largest absolute Gasteiger partial charge is 0.393 e. The first-order valence-electron chi connectivity index (χ1n) is 13.1. The average Bonchev–Trinajstić information content (AvgIpc) is 3.22. The number of epoxide rings is 1. The Morgan fingerprint density at radius 2 is 1.83 bits per heavy atom. The van der Waals surface area contributed by atoms with Gasteiger partial charge in [0, 0.05) is 11.8 Å². The summed E-state index contributed by atoms with van der Waals surface area (Å²) in [6, 6.07) is 0. The van der Waals surface area contributed by atoms with Crippen LogP contribution in [0, 0.1) is 46.3 Å². The molecule has 166 valence electrons. The Morgan fingerprint density at radius 1 is 1.03 bits per heavy atom. The molecule has 0 bridgehead atoms. The summed E-state index contributed by atoms with van der Waals surface area (Å²) in [4.78, 5) is 0. The summed E-state index contributed by atoms with van der Waals surface area (Å²) >= 11 is 0. The van der Waals surface area contributed by atoms with Gasteiger partial charge in [0.2, 0.25) is 0 Å². The zero-order valence-electron chi connectivity index (χ0n) is 19.8. The van der Waals surface area contributed by atoms with Gasteiger partial charge in [-0.2, -0.15) is 0 Å². The molecule has 1 saturated heterocycles. The van der Waals surface area contributed by atoms with Gasteiger partial charge in [-0.25, -0.2) is 0 Å². The van der Waals surface area contributed by atoms with Crippen molar-refractivity contribution in [2.75, 3.05) is 0 Å². The van der Waals surface area contributed by atoms with Crippen LogP contribution in [0.5, 0.6) is 0 Å². The summed E-state index contributed by atoms with van der Waals surface area (Å²) in [5, 5.41) is 10.4. The van der Waals surface area contributed by atoms with E-state index in [4.69, 9.17) is 4.74 Å². The van der Waals surface area contributed by atoms with Crippen molar-refractivity contribution in [2.24, 2.45) is 46.3 Å². The molecule has 2 nitrogen and oxygen atoms in total. The normalized spacial score (nSPS) is 54.3. The second kappa shape index (κ2) is 6.96. The predicted molar refractivity (Wildman–Crippen MR) is 119 cm³/mol. The van der Waals surface area contributed by atoms with Gasteiger partial charge in [-0.05, 0) is 85.9 Å². The van der Waals surface area contributed by atoms with Crippen molar-refractivity contribution >= 4 is 0 Å². The highest BCUT2D eigenvalue weighted by Gasteiger charge is 2.76. The van der Waals surface area contributed by atoms with Crippen LogP contribution in [0.1, 0.15) is 105 Å². The van der Waals surface area contributed by atoms with E-state index < -0.39 is 0 Å². The van der Waals surface area contributed by atoms with Crippen LogP contribution in [0.25, 0.3) is 0 Å². The topological polar surface area (TPSA) is 32.8 Å². The molecule has 4 aliphatic carbocycles. The molecule has 2 heteroatoms. The molecule has 29 heavy (non-hydrogen) atoms. The number of aliphatic hydroxyl groups excluding tert-OH is 1. The first-order valence-corrected chi connectivity index (χ1v) is 13.1. The van der Waals surface area contributed by atoms with E-state index in [0.29, 0.717) is 16.9 Å². The van der Waals surface area contributed by atoms with Gasteiger partial charge in [0.15, 0.2) is 0 Å². The highest BCUT2D eigenvalue weighted by Crippen LogP contribution is 2.74. The Hall–Kier alpha value is -0.0800. The molecular weight excluding hydrogens is 358 g/mol. The second-order valence-electron chi connectivity index (χ2n) is 13.0. The maximum atomic E-state index is 10.4. The van der Waals surface area contributed by atoms with Gasteiger partial charge in [-0.15, -0.1) is 0 Å². The quantitative estimate of drug-likeness (QED) is 0.524. The van der Waals surface area contributed by atoms with Gasteiger partial charge < -0.3 is 9.84 Å². The van der Waals surface area contributed by atoms with Crippen molar-refractivity contribution in [3.63, 3.8) is 0 Å². The molecule has 1 unspecified atom stereocenters. The standard InChI is InChI=1S/C27H46O2/c1-17(2)7-6-8-18(3)21-9-10-22-20-15-24-27(29-24)16-19(28)11-14-26(27,5)23(20)12-13-25(21,22)4/h17-24,28H,6-16H2,1-5H3/t18-,19+,20+,21-,22+,23+,24+,25-,26-,27?/m1/s1/i19+2. The second-order valence-corrected chi connectivity index (χ2v) is 13.0. The molecule has 1 spiro atoms. The fraction of sp³-hybridized carbons (Fsp3) is 1.00. The Kier molecular flexibility index (Phi) is 4.99. The van der Waals surface area contributed by atoms with Crippen molar-refractivity contribution in [3.05, 3.63) is 0 Å². The molecule has 0 radical (unpaired) electrons. The van der Waals surface area contributed by atoms with E-state index in [1.165, 1.54) is 57.8 Å². The van der Waals surface area contributed by atoms with Crippen molar-refractivity contribution in [1.29, 1.82) is 0 Å². The van der Waals surface area contributed by atoms with Gasteiger partial charge >= 0.3 is 0 Å². The number of rotatable bonds is 5. The Balaban J connectivity index is 1.33. The van der Waals surface area contributed by atoms with Crippen LogP contribution in [-0.2, 0) is 4.74 Å². The third-order valence-electron chi connectivity index (χ3n) is 11.3. The van der Waals surface area contributed by atoms with Gasteiger partial charge in [0.05, 0.1) is 12.2 Å². The fourth-order valence-electron chi connectivity index (χ4n) is 9.68. The molecule has 4 saturated carbocycles.